The Balaban J connectivity index is 3.29. The lowest BCUT2D eigenvalue weighted by molar-refractivity contribution is -0.136. The van der Waals surface area contributed by atoms with Crippen LogP contribution in [-0.4, -0.2) is 16.1 Å². The Labute approximate surface area is 90.2 Å². The first kappa shape index (κ1) is 12.0. The van der Waals surface area contributed by atoms with Gasteiger partial charge in [0.25, 0.3) is 6.43 Å². The van der Waals surface area contributed by atoms with E-state index < -0.39 is 24.4 Å². The molecule has 84 valence electrons. The Morgan fingerprint density at radius 1 is 1.69 bits per heavy atom. The fourth-order valence-electron chi connectivity index (χ4n) is 1.33. The number of aromatic nitrogens is 1. The van der Waals surface area contributed by atoms with E-state index in [9.17, 15) is 13.6 Å². The molecule has 0 saturated carbocycles. The third-order valence-electron chi connectivity index (χ3n) is 1.96. The molecule has 0 fully saturated rings. The summed E-state index contributed by atoms with van der Waals surface area (Å²) in [7, 11) is 0. The van der Waals surface area contributed by atoms with Gasteiger partial charge >= 0.3 is 5.97 Å². The Morgan fingerprint density at radius 2 is 2.31 bits per heavy atom. The van der Waals surface area contributed by atoms with E-state index in [0.29, 0.717) is 0 Å². The van der Waals surface area contributed by atoms with Crippen LogP contribution in [-0.2, 0) is 11.2 Å². The summed E-state index contributed by atoms with van der Waals surface area (Å²) in [5.74, 6) is -1.16. The second kappa shape index (κ2) is 4.66. The van der Waals surface area contributed by atoms with Gasteiger partial charge in [0.1, 0.15) is 6.07 Å². The van der Waals surface area contributed by atoms with E-state index in [1.165, 1.54) is 6.92 Å². The molecule has 1 rings (SSSR count). The Morgan fingerprint density at radius 3 is 2.75 bits per heavy atom. The standard InChI is InChI=1S/C10H8F2N2O2/c1-5-8(4-13)7(10(11)12)2-6(14-5)3-9(15)16/h2,10H,3H2,1H3,(H,15,16). The van der Waals surface area contributed by atoms with Gasteiger partial charge in [0.2, 0.25) is 0 Å². The van der Waals surface area contributed by atoms with Gasteiger partial charge in [-0.2, -0.15) is 5.26 Å². The summed E-state index contributed by atoms with van der Waals surface area (Å²) in [4.78, 5) is 14.2. The number of carboxylic acid groups (broad SMARTS) is 1. The summed E-state index contributed by atoms with van der Waals surface area (Å²) >= 11 is 0. The third kappa shape index (κ3) is 2.51. The van der Waals surface area contributed by atoms with Crippen LogP contribution in [0.25, 0.3) is 0 Å². The minimum absolute atomic E-state index is 0.0271. The molecule has 0 aromatic carbocycles. The number of rotatable bonds is 3. The molecule has 0 radical (unpaired) electrons. The van der Waals surface area contributed by atoms with Gasteiger partial charge < -0.3 is 5.11 Å². The molecule has 1 aromatic heterocycles. The highest BCUT2D eigenvalue weighted by molar-refractivity contribution is 5.69. The molecule has 1 heterocycles. The second-order valence-corrected chi connectivity index (χ2v) is 3.15. The molecule has 6 heteroatoms. The fourth-order valence-corrected chi connectivity index (χ4v) is 1.33. The first-order chi connectivity index (χ1) is 7.45. The largest absolute Gasteiger partial charge is 0.481 e. The number of hydrogen-bond acceptors (Lipinski definition) is 3. The normalized spacial score (nSPS) is 10.2. The molecule has 4 nitrogen and oxygen atoms in total. The van der Waals surface area contributed by atoms with Crippen molar-refractivity contribution in [2.75, 3.05) is 0 Å². The number of carboxylic acids is 1. The van der Waals surface area contributed by atoms with Crippen LogP contribution in [0.5, 0.6) is 0 Å². The van der Waals surface area contributed by atoms with Gasteiger partial charge in [-0.1, -0.05) is 0 Å². The van der Waals surface area contributed by atoms with Gasteiger partial charge in [0.15, 0.2) is 0 Å². The number of alkyl halides is 2. The van der Waals surface area contributed by atoms with Gasteiger partial charge in [-0.15, -0.1) is 0 Å². The van der Waals surface area contributed by atoms with E-state index in [1.54, 1.807) is 6.07 Å². The van der Waals surface area contributed by atoms with Crippen molar-refractivity contribution in [3.63, 3.8) is 0 Å². The summed E-state index contributed by atoms with van der Waals surface area (Å²) in [6, 6.07) is 2.60. The first-order valence-electron chi connectivity index (χ1n) is 4.36. The van der Waals surface area contributed by atoms with Crippen LogP contribution in [0.3, 0.4) is 0 Å². The van der Waals surface area contributed by atoms with Crippen molar-refractivity contribution in [1.82, 2.24) is 4.98 Å². The summed E-state index contributed by atoms with van der Waals surface area (Å²) in [5, 5.41) is 17.2. The number of aryl methyl sites for hydroxylation is 1. The van der Waals surface area contributed by atoms with Crippen molar-refractivity contribution in [2.45, 2.75) is 19.8 Å². The molecule has 0 atom stereocenters. The van der Waals surface area contributed by atoms with E-state index in [0.717, 1.165) is 6.07 Å². The second-order valence-electron chi connectivity index (χ2n) is 3.15. The molecular formula is C10H8F2N2O2. The monoisotopic (exact) mass is 226 g/mol. The molecule has 1 N–H and O–H groups in total. The summed E-state index contributed by atoms with van der Waals surface area (Å²) in [6.45, 7) is 1.40. The van der Waals surface area contributed by atoms with Gasteiger partial charge in [-0.25, -0.2) is 8.78 Å². The van der Waals surface area contributed by atoms with Crippen LogP contribution in [0, 0.1) is 18.3 Å². The number of nitriles is 1. The molecule has 0 aliphatic rings. The zero-order valence-electron chi connectivity index (χ0n) is 8.37. The Kier molecular flexibility index (Phi) is 3.51. The number of nitrogens with zero attached hydrogens (tertiary/aromatic N) is 2. The van der Waals surface area contributed by atoms with Crippen molar-refractivity contribution < 1.29 is 18.7 Å². The minimum Gasteiger partial charge on any atom is -0.481 e. The van der Waals surface area contributed by atoms with Crippen molar-refractivity contribution in [2.24, 2.45) is 0 Å². The highest BCUT2D eigenvalue weighted by Gasteiger charge is 2.18. The van der Waals surface area contributed by atoms with Crippen molar-refractivity contribution >= 4 is 5.97 Å². The number of hydrogen-bond donors (Lipinski definition) is 1. The SMILES string of the molecule is Cc1nc(CC(=O)O)cc(C(F)F)c1C#N. The molecular weight excluding hydrogens is 218 g/mol. The van der Waals surface area contributed by atoms with Crippen molar-refractivity contribution in [3.05, 3.63) is 28.6 Å². The lowest BCUT2D eigenvalue weighted by atomic mass is 10.1. The molecule has 0 aliphatic carbocycles. The lowest BCUT2D eigenvalue weighted by Crippen LogP contribution is -2.06. The third-order valence-corrected chi connectivity index (χ3v) is 1.96. The summed E-state index contributed by atoms with van der Waals surface area (Å²) in [6.07, 6.45) is -3.25. The maximum atomic E-state index is 12.6. The fraction of sp³-hybridized carbons (Fsp3) is 0.300. The zero-order chi connectivity index (χ0) is 12.3. The first-order valence-corrected chi connectivity index (χ1v) is 4.36. The molecule has 16 heavy (non-hydrogen) atoms. The molecule has 0 spiro atoms. The summed E-state index contributed by atoms with van der Waals surface area (Å²) in [5.41, 5.74) is -0.508. The van der Waals surface area contributed by atoms with Crippen LogP contribution in [0.1, 0.15) is 28.9 Å². The molecule has 0 amide bonds. The van der Waals surface area contributed by atoms with E-state index in [2.05, 4.69) is 4.98 Å². The summed E-state index contributed by atoms with van der Waals surface area (Å²) < 4.78 is 25.2. The predicted octanol–water partition coefficient (Wildman–Crippen LogP) is 1.83. The van der Waals surface area contributed by atoms with Crippen LogP contribution in [0.15, 0.2) is 6.07 Å². The van der Waals surface area contributed by atoms with Crippen molar-refractivity contribution in [3.8, 4) is 6.07 Å². The Bertz CT molecular complexity index is 467. The quantitative estimate of drug-likeness (QED) is 0.853. The van der Waals surface area contributed by atoms with Gasteiger partial charge in [0.05, 0.1) is 23.4 Å². The van der Waals surface area contributed by atoms with E-state index in [1.807, 2.05) is 0 Å². The highest BCUT2D eigenvalue weighted by Crippen LogP contribution is 2.24. The highest BCUT2D eigenvalue weighted by atomic mass is 19.3. The predicted molar refractivity (Wildman–Crippen MR) is 50.0 cm³/mol. The molecule has 1 aromatic rings. The Hall–Kier alpha value is -2.03. The zero-order valence-corrected chi connectivity index (χ0v) is 8.37. The number of pyridine rings is 1. The lowest BCUT2D eigenvalue weighted by Gasteiger charge is -2.07. The number of aliphatic carboxylic acids is 1. The molecule has 0 aliphatic heterocycles. The van der Waals surface area contributed by atoms with Crippen LogP contribution in [0.4, 0.5) is 8.78 Å². The van der Waals surface area contributed by atoms with Crippen LogP contribution < -0.4 is 0 Å². The maximum absolute atomic E-state index is 12.6. The van der Waals surface area contributed by atoms with Crippen LogP contribution in [0.2, 0.25) is 0 Å². The molecule has 0 unspecified atom stereocenters. The maximum Gasteiger partial charge on any atom is 0.309 e. The smallest absolute Gasteiger partial charge is 0.309 e. The van der Waals surface area contributed by atoms with E-state index in [-0.39, 0.29) is 17.0 Å². The molecule has 0 saturated heterocycles. The van der Waals surface area contributed by atoms with Gasteiger partial charge in [-0.05, 0) is 13.0 Å². The topological polar surface area (TPSA) is 74.0 Å². The number of halogens is 2. The van der Waals surface area contributed by atoms with Crippen LogP contribution >= 0.6 is 0 Å². The van der Waals surface area contributed by atoms with Gasteiger partial charge in [0, 0.05) is 5.56 Å². The van der Waals surface area contributed by atoms with Gasteiger partial charge in [-0.3, -0.25) is 9.78 Å². The van der Waals surface area contributed by atoms with E-state index in [4.69, 9.17) is 10.4 Å². The molecule has 0 bridgehead atoms. The average molecular weight is 226 g/mol. The number of carbonyl (C=O) groups is 1. The van der Waals surface area contributed by atoms with Crippen molar-refractivity contribution in [1.29, 1.82) is 5.26 Å². The van der Waals surface area contributed by atoms with E-state index >= 15 is 0 Å². The average Bonchev–Trinajstić information content (AvgIpc) is 2.15. The minimum atomic E-state index is -2.82.